The molecule has 0 saturated carbocycles. The zero-order valence-electron chi connectivity index (χ0n) is 21.8. The van der Waals surface area contributed by atoms with Crippen molar-refractivity contribution in [3.05, 3.63) is 116 Å². The van der Waals surface area contributed by atoms with Crippen molar-refractivity contribution >= 4 is 86.0 Å². The van der Waals surface area contributed by atoms with Crippen molar-refractivity contribution in [2.45, 2.75) is 17.9 Å². The highest BCUT2D eigenvalue weighted by atomic mass is 127. The molecule has 0 spiro atoms. The summed E-state index contributed by atoms with van der Waals surface area (Å²) in [5.74, 6) is 0.209. The predicted octanol–water partition coefficient (Wildman–Crippen LogP) is 5.88. The minimum Gasteiger partial charge on any atom is -0.495 e. The van der Waals surface area contributed by atoms with Crippen LogP contribution >= 0.6 is 68.3 Å². The van der Waals surface area contributed by atoms with Crippen molar-refractivity contribution < 1.29 is 14.3 Å². The van der Waals surface area contributed by atoms with Crippen LogP contribution in [0.15, 0.2) is 87.0 Å². The molecular formula is C30H24I2N2O4S2. The highest BCUT2D eigenvalue weighted by Gasteiger charge is 2.35. The predicted molar refractivity (Wildman–Crippen MR) is 178 cm³/mol. The third-order valence-corrected chi connectivity index (χ3v) is 9.48. The molecule has 40 heavy (non-hydrogen) atoms. The van der Waals surface area contributed by atoms with E-state index in [2.05, 4.69) is 45.2 Å². The van der Waals surface area contributed by atoms with Crippen LogP contribution in [0.25, 0.3) is 11.8 Å². The van der Waals surface area contributed by atoms with Crippen molar-refractivity contribution in [2.75, 3.05) is 20.0 Å². The molecule has 0 radical (unpaired) electrons. The van der Waals surface area contributed by atoms with Crippen LogP contribution in [-0.2, 0) is 9.53 Å². The van der Waals surface area contributed by atoms with Crippen LogP contribution < -0.4 is 19.6 Å². The minimum absolute atomic E-state index is 0.206. The van der Waals surface area contributed by atoms with Crippen LogP contribution in [0.3, 0.4) is 0 Å². The van der Waals surface area contributed by atoms with E-state index in [-0.39, 0.29) is 12.2 Å². The molecule has 1 aliphatic rings. The molecule has 2 heterocycles. The number of halogens is 2. The van der Waals surface area contributed by atoms with Gasteiger partial charge in [0.2, 0.25) is 0 Å². The fraction of sp³-hybridized carbons (Fsp3) is 0.167. The van der Waals surface area contributed by atoms with Gasteiger partial charge in [-0.25, -0.2) is 9.79 Å². The van der Waals surface area contributed by atoms with Gasteiger partial charge in [0.25, 0.3) is 5.56 Å². The van der Waals surface area contributed by atoms with E-state index in [0.717, 1.165) is 28.7 Å². The molecule has 1 aromatic heterocycles. The summed E-state index contributed by atoms with van der Waals surface area (Å²) in [5.41, 5.74) is 3.00. The summed E-state index contributed by atoms with van der Waals surface area (Å²) >= 11 is 7.42. The molecule has 204 valence electrons. The maximum Gasteiger partial charge on any atom is 0.338 e. The van der Waals surface area contributed by atoms with Gasteiger partial charge >= 0.3 is 5.97 Å². The molecule has 0 N–H and O–H groups in total. The van der Waals surface area contributed by atoms with Crippen LogP contribution in [-0.4, -0.2) is 30.5 Å². The van der Waals surface area contributed by atoms with E-state index >= 15 is 0 Å². The molecule has 1 aliphatic heterocycles. The van der Waals surface area contributed by atoms with Crippen LogP contribution in [0.2, 0.25) is 0 Å². The lowest BCUT2D eigenvalue weighted by Gasteiger charge is -2.26. The monoisotopic (exact) mass is 794 g/mol. The highest BCUT2D eigenvalue weighted by Crippen LogP contribution is 2.36. The lowest BCUT2D eigenvalue weighted by Crippen LogP contribution is -2.40. The van der Waals surface area contributed by atoms with Gasteiger partial charge in [-0.3, -0.25) is 9.36 Å². The number of aromatic nitrogens is 1. The fourth-order valence-corrected chi connectivity index (χ4v) is 8.10. The maximum absolute atomic E-state index is 14.1. The number of hydrogen-bond donors (Lipinski definition) is 0. The molecule has 1 atom stereocenters. The number of methoxy groups -OCH3 is 1. The Morgan fingerprint density at radius 2 is 1.85 bits per heavy atom. The van der Waals surface area contributed by atoms with Gasteiger partial charge in [-0.15, -0.1) is 11.8 Å². The van der Waals surface area contributed by atoms with Crippen molar-refractivity contribution in [1.82, 2.24) is 4.57 Å². The smallest absolute Gasteiger partial charge is 0.338 e. The fourth-order valence-electron chi connectivity index (χ4n) is 4.59. The van der Waals surface area contributed by atoms with Crippen LogP contribution in [0.1, 0.15) is 29.7 Å². The second kappa shape index (κ2) is 12.6. The van der Waals surface area contributed by atoms with Crippen molar-refractivity contribution in [2.24, 2.45) is 4.99 Å². The number of thioether (sulfide) groups is 1. The first-order valence-electron chi connectivity index (χ1n) is 12.3. The number of thiazole rings is 1. The normalized spacial score (nSPS) is 15.0. The van der Waals surface area contributed by atoms with E-state index in [1.165, 1.54) is 11.3 Å². The molecule has 0 unspecified atom stereocenters. The first kappa shape index (κ1) is 29.1. The summed E-state index contributed by atoms with van der Waals surface area (Å²) < 4.78 is 15.3. The Labute approximate surface area is 267 Å². The van der Waals surface area contributed by atoms with Gasteiger partial charge in [-0.05, 0) is 94.3 Å². The molecule has 0 aliphatic carbocycles. The first-order chi connectivity index (χ1) is 19.4. The Hall–Kier alpha value is -2.42. The molecule has 5 rings (SSSR count). The number of rotatable bonds is 7. The third-order valence-electron chi connectivity index (χ3n) is 6.33. The molecule has 0 amide bonds. The Kier molecular flexibility index (Phi) is 9.18. The largest absolute Gasteiger partial charge is 0.495 e. The summed E-state index contributed by atoms with van der Waals surface area (Å²) in [6, 6.07) is 20.8. The van der Waals surface area contributed by atoms with Crippen LogP contribution in [0.5, 0.6) is 5.75 Å². The Morgan fingerprint density at radius 3 is 2.50 bits per heavy atom. The lowest BCUT2D eigenvalue weighted by molar-refractivity contribution is -0.138. The van der Waals surface area contributed by atoms with E-state index < -0.39 is 12.0 Å². The number of carbonyl (C=O) groups excluding carboxylic acids is 1. The Bertz CT molecular complexity index is 1800. The molecule has 0 bridgehead atoms. The molecule has 0 saturated heterocycles. The van der Waals surface area contributed by atoms with Gasteiger partial charge in [-0.2, -0.15) is 0 Å². The van der Waals surface area contributed by atoms with E-state index in [1.807, 2.05) is 79.1 Å². The summed E-state index contributed by atoms with van der Waals surface area (Å²) in [6.07, 6.45) is 3.85. The summed E-state index contributed by atoms with van der Waals surface area (Å²) in [5, 5.41) is 0. The Balaban J connectivity index is 1.84. The minimum atomic E-state index is -0.707. The number of ether oxygens (including phenoxy) is 2. The van der Waals surface area contributed by atoms with Crippen molar-refractivity contribution in [3.63, 3.8) is 0 Å². The highest BCUT2D eigenvalue weighted by molar-refractivity contribution is 14.1. The van der Waals surface area contributed by atoms with Crippen molar-refractivity contribution in [1.29, 1.82) is 0 Å². The Morgan fingerprint density at radius 1 is 1.12 bits per heavy atom. The average Bonchev–Trinajstić information content (AvgIpc) is 3.27. The standard InChI is InChI=1S/C30H24I2N2O4S2/c1-4-38-29(36)24-25(17-8-6-5-7-9-17)33-30-34(26(24)18-10-12-21(39-3)13-11-18)28(35)23(40-30)15-19-14-20(31)16-22(32)27(19)37-2/h5-16,26H,4H2,1-3H3/b23-15-/t26-/m1/s1. The van der Waals surface area contributed by atoms with Gasteiger partial charge < -0.3 is 9.47 Å². The number of benzene rings is 3. The van der Waals surface area contributed by atoms with Crippen LogP contribution in [0, 0.1) is 7.14 Å². The van der Waals surface area contributed by atoms with E-state index in [1.54, 1.807) is 30.4 Å². The molecule has 4 aromatic rings. The van der Waals surface area contributed by atoms with E-state index in [0.29, 0.717) is 26.4 Å². The second-order valence-electron chi connectivity index (χ2n) is 8.71. The van der Waals surface area contributed by atoms with Crippen LogP contribution in [0.4, 0.5) is 0 Å². The third kappa shape index (κ3) is 5.68. The van der Waals surface area contributed by atoms with Gasteiger partial charge in [0.1, 0.15) is 5.75 Å². The SMILES string of the molecule is CCOC(=O)C1=C(c2ccccc2)N=c2s/c(=C\c3cc(I)cc(I)c3OC)c(=O)n2[C@@H]1c1ccc(SC)cc1. The zero-order chi connectivity index (χ0) is 28.4. The zero-order valence-corrected chi connectivity index (χ0v) is 27.8. The number of fused-ring (bicyclic) bond motifs is 1. The van der Waals surface area contributed by atoms with Gasteiger partial charge in [0, 0.05) is 19.6 Å². The molecule has 6 nitrogen and oxygen atoms in total. The molecular weight excluding hydrogens is 770 g/mol. The van der Waals surface area contributed by atoms with Gasteiger partial charge in [0.15, 0.2) is 4.80 Å². The molecule has 10 heteroatoms. The number of hydrogen-bond acceptors (Lipinski definition) is 7. The van der Waals surface area contributed by atoms with Crippen molar-refractivity contribution in [3.8, 4) is 5.75 Å². The summed E-state index contributed by atoms with van der Waals surface area (Å²) in [7, 11) is 1.62. The number of esters is 1. The average molecular weight is 794 g/mol. The quantitative estimate of drug-likeness (QED) is 0.133. The number of nitrogens with zero attached hydrogens (tertiary/aromatic N) is 2. The van der Waals surface area contributed by atoms with E-state index in [4.69, 9.17) is 14.5 Å². The van der Waals surface area contributed by atoms with Gasteiger partial charge in [-0.1, -0.05) is 53.8 Å². The maximum atomic E-state index is 14.1. The summed E-state index contributed by atoms with van der Waals surface area (Å²) in [4.78, 5) is 34.2. The summed E-state index contributed by atoms with van der Waals surface area (Å²) in [6.45, 7) is 1.98. The molecule has 0 fully saturated rings. The van der Waals surface area contributed by atoms with Gasteiger partial charge in [0.05, 0.1) is 39.1 Å². The molecule has 3 aromatic carbocycles. The topological polar surface area (TPSA) is 69.9 Å². The number of carbonyl (C=O) groups is 1. The first-order valence-corrected chi connectivity index (χ1v) is 16.5. The van der Waals surface area contributed by atoms with E-state index in [9.17, 15) is 9.59 Å². The lowest BCUT2D eigenvalue weighted by atomic mass is 9.93. The second-order valence-corrected chi connectivity index (χ2v) is 13.0.